The van der Waals surface area contributed by atoms with Crippen LogP contribution in [0, 0.1) is 0 Å². The molecule has 1 unspecified atom stereocenters. The molecule has 0 aromatic rings. The molecule has 0 aliphatic heterocycles. The number of hydrogen-bond donors (Lipinski definition) is 1. The summed E-state index contributed by atoms with van der Waals surface area (Å²) >= 11 is 0. The van der Waals surface area contributed by atoms with Gasteiger partial charge in [0.15, 0.2) is 6.10 Å². The Bertz CT molecular complexity index is 227. The molecular formula is C12H22O5. The lowest BCUT2D eigenvalue weighted by molar-refractivity contribution is -0.161. The minimum absolute atomic E-state index is 0.0762. The summed E-state index contributed by atoms with van der Waals surface area (Å²) in [5.74, 6) is -0.701. The zero-order chi connectivity index (χ0) is 13.1. The minimum Gasteiger partial charge on any atom is -0.462 e. The van der Waals surface area contributed by atoms with E-state index in [0.29, 0.717) is 19.3 Å². The van der Waals surface area contributed by atoms with E-state index in [9.17, 15) is 9.59 Å². The molecule has 0 bridgehead atoms. The number of carbonyl (C=O) groups is 2. The molecule has 1 N–H and O–H groups in total. The second-order valence-corrected chi connectivity index (χ2v) is 3.83. The van der Waals surface area contributed by atoms with Crippen molar-refractivity contribution in [2.24, 2.45) is 0 Å². The van der Waals surface area contributed by atoms with Crippen molar-refractivity contribution in [2.75, 3.05) is 13.2 Å². The summed E-state index contributed by atoms with van der Waals surface area (Å²) < 4.78 is 9.83. The minimum atomic E-state index is -0.750. The van der Waals surface area contributed by atoms with Gasteiger partial charge >= 0.3 is 11.9 Å². The summed E-state index contributed by atoms with van der Waals surface area (Å²) in [5.41, 5.74) is 0. The van der Waals surface area contributed by atoms with Crippen molar-refractivity contribution in [3.05, 3.63) is 0 Å². The Balaban J connectivity index is 3.82. The maximum absolute atomic E-state index is 11.3. The molecule has 0 spiro atoms. The van der Waals surface area contributed by atoms with Crippen LogP contribution in [0.5, 0.6) is 0 Å². The number of esters is 2. The fourth-order valence-electron chi connectivity index (χ4n) is 1.15. The van der Waals surface area contributed by atoms with Crippen LogP contribution in [0.4, 0.5) is 0 Å². The predicted molar refractivity (Wildman–Crippen MR) is 62.4 cm³/mol. The highest BCUT2D eigenvalue weighted by molar-refractivity contribution is 5.70. The van der Waals surface area contributed by atoms with Crippen molar-refractivity contribution in [3.63, 3.8) is 0 Å². The average Bonchev–Trinajstić information content (AvgIpc) is 2.32. The van der Waals surface area contributed by atoms with Crippen molar-refractivity contribution in [1.82, 2.24) is 0 Å². The maximum atomic E-state index is 11.3. The van der Waals surface area contributed by atoms with Gasteiger partial charge in [-0.25, -0.2) is 0 Å². The van der Waals surface area contributed by atoms with Gasteiger partial charge in [-0.2, -0.15) is 0 Å². The standard InChI is InChI=1S/C12H22O5/c1-3-5-7-12(15)17-10(8-13)9-16-11(14)6-4-2/h10,13H,3-9H2,1-2H3. The Morgan fingerprint density at radius 3 is 2.35 bits per heavy atom. The van der Waals surface area contributed by atoms with Crippen LogP contribution in [-0.2, 0) is 19.1 Å². The molecule has 0 fully saturated rings. The summed E-state index contributed by atoms with van der Waals surface area (Å²) in [6.07, 6.45) is 2.29. The van der Waals surface area contributed by atoms with Crippen LogP contribution in [0.2, 0.25) is 0 Å². The first-order valence-corrected chi connectivity index (χ1v) is 6.09. The second kappa shape index (κ2) is 10.1. The summed E-state index contributed by atoms with van der Waals surface area (Å²) in [4.78, 5) is 22.3. The van der Waals surface area contributed by atoms with Gasteiger partial charge in [0.1, 0.15) is 6.61 Å². The number of aliphatic hydroxyl groups is 1. The lowest BCUT2D eigenvalue weighted by Gasteiger charge is -2.15. The van der Waals surface area contributed by atoms with Crippen LogP contribution >= 0.6 is 0 Å². The van der Waals surface area contributed by atoms with E-state index in [1.807, 2.05) is 13.8 Å². The molecule has 0 saturated carbocycles. The van der Waals surface area contributed by atoms with Crippen molar-refractivity contribution >= 4 is 11.9 Å². The summed E-state index contributed by atoms with van der Waals surface area (Å²) in [6, 6.07) is 0. The van der Waals surface area contributed by atoms with Gasteiger partial charge in [0.25, 0.3) is 0 Å². The van der Waals surface area contributed by atoms with Gasteiger partial charge in [-0.15, -0.1) is 0 Å². The Morgan fingerprint density at radius 2 is 1.82 bits per heavy atom. The lowest BCUT2D eigenvalue weighted by atomic mass is 10.2. The Labute approximate surface area is 102 Å². The molecule has 0 amide bonds. The number of unbranched alkanes of at least 4 members (excludes halogenated alkanes) is 1. The number of rotatable bonds is 9. The number of ether oxygens (including phenoxy) is 2. The van der Waals surface area contributed by atoms with E-state index in [4.69, 9.17) is 14.6 Å². The Hall–Kier alpha value is -1.10. The topological polar surface area (TPSA) is 72.8 Å². The van der Waals surface area contributed by atoms with Crippen LogP contribution in [0.3, 0.4) is 0 Å². The normalized spacial score (nSPS) is 11.9. The molecule has 5 nitrogen and oxygen atoms in total. The van der Waals surface area contributed by atoms with Crippen molar-refractivity contribution in [3.8, 4) is 0 Å². The zero-order valence-electron chi connectivity index (χ0n) is 10.6. The van der Waals surface area contributed by atoms with E-state index in [0.717, 1.165) is 12.8 Å². The summed E-state index contributed by atoms with van der Waals surface area (Å²) in [7, 11) is 0. The molecule has 0 aliphatic carbocycles. The van der Waals surface area contributed by atoms with E-state index in [2.05, 4.69) is 0 Å². The molecule has 0 aromatic heterocycles. The zero-order valence-corrected chi connectivity index (χ0v) is 10.6. The largest absolute Gasteiger partial charge is 0.462 e. The van der Waals surface area contributed by atoms with Gasteiger partial charge in [-0.1, -0.05) is 20.3 Å². The number of hydrogen-bond acceptors (Lipinski definition) is 5. The van der Waals surface area contributed by atoms with Crippen molar-refractivity contribution in [2.45, 2.75) is 52.1 Å². The molecule has 0 saturated heterocycles. The molecular weight excluding hydrogens is 224 g/mol. The Kier molecular flexibility index (Phi) is 9.43. The van der Waals surface area contributed by atoms with Gasteiger partial charge in [-0.3, -0.25) is 9.59 Å². The second-order valence-electron chi connectivity index (χ2n) is 3.83. The molecule has 1 atom stereocenters. The quantitative estimate of drug-likeness (QED) is 0.623. The smallest absolute Gasteiger partial charge is 0.306 e. The molecule has 100 valence electrons. The van der Waals surface area contributed by atoms with Crippen molar-refractivity contribution < 1.29 is 24.2 Å². The van der Waals surface area contributed by atoms with Crippen LogP contribution in [0.1, 0.15) is 46.0 Å². The third-order valence-electron chi connectivity index (χ3n) is 2.12. The van der Waals surface area contributed by atoms with E-state index in [1.165, 1.54) is 0 Å². The van der Waals surface area contributed by atoms with E-state index < -0.39 is 6.10 Å². The Morgan fingerprint density at radius 1 is 1.12 bits per heavy atom. The van der Waals surface area contributed by atoms with Gasteiger partial charge < -0.3 is 14.6 Å². The first-order valence-electron chi connectivity index (χ1n) is 6.09. The van der Waals surface area contributed by atoms with E-state index >= 15 is 0 Å². The van der Waals surface area contributed by atoms with Gasteiger partial charge in [0, 0.05) is 12.8 Å². The first kappa shape index (κ1) is 15.9. The SMILES string of the molecule is CCCCC(=O)OC(CO)COC(=O)CCC. The van der Waals surface area contributed by atoms with Crippen LogP contribution < -0.4 is 0 Å². The molecule has 0 aliphatic rings. The van der Waals surface area contributed by atoms with Crippen LogP contribution in [-0.4, -0.2) is 36.4 Å². The third-order valence-corrected chi connectivity index (χ3v) is 2.12. The fourth-order valence-corrected chi connectivity index (χ4v) is 1.15. The first-order chi connectivity index (χ1) is 8.13. The third kappa shape index (κ3) is 8.68. The van der Waals surface area contributed by atoms with Crippen LogP contribution in [0.25, 0.3) is 0 Å². The monoisotopic (exact) mass is 246 g/mol. The molecule has 0 aromatic carbocycles. The number of carbonyl (C=O) groups excluding carboxylic acids is 2. The van der Waals surface area contributed by atoms with Gasteiger partial charge in [0.2, 0.25) is 0 Å². The number of aliphatic hydroxyl groups excluding tert-OH is 1. The molecule has 17 heavy (non-hydrogen) atoms. The molecule has 0 radical (unpaired) electrons. The van der Waals surface area contributed by atoms with Crippen molar-refractivity contribution in [1.29, 1.82) is 0 Å². The summed E-state index contributed by atoms with van der Waals surface area (Å²) in [5, 5.41) is 8.97. The fraction of sp³-hybridized carbons (Fsp3) is 0.833. The molecule has 0 rings (SSSR count). The lowest BCUT2D eigenvalue weighted by Crippen LogP contribution is -2.28. The average molecular weight is 246 g/mol. The van der Waals surface area contributed by atoms with Gasteiger partial charge in [-0.05, 0) is 12.8 Å². The predicted octanol–water partition coefficient (Wildman–Crippen LogP) is 1.42. The molecule has 0 heterocycles. The van der Waals surface area contributed by atoms with Gasteiger partial charge in [0.05, 0.1) is 6.61 Å². The highest BCUT2D eigenvalue weighted by Crippen LogP contribution is 2.02. The molecule has 5 heteroatoms. The maximum Gasteiger partial charge on any atom is 0.306 e. The highest BCUT2D eigenvalue weighted by atomic mass is 16.6. The van der Waals surface area contributed by atoms with E-state index in [-0.39, 0.29) is 25.2 Å². The highest BCUT2D eigenvalue weighted by Gasteiger charge is 2.15. The summed E-state index contributed by atoms with van der Waals surface area (Å²) in [6.45, 7) is 3.43. The van der Waals surface area contributed by atoms with E-state index in [1.54, 1.807) is 0 Å². The van der Waals surface area contributed by atoms with Crippen LogP contribution in [0.15, 0.2) is 0 Å².